The van der Waals surface area contributed by atoms with Crippen LogP contribution in [0.5, 0.6) is 0 Å². The van der Waals surface area contributed by atoms with Crippen LogP contribution in [0.25, 0.3) is 11.1 Å². The van der Waals surface area contributed by atoms with E-state index in [-0.39, 0.29) is 33.5 Å². The number of rotatable bonds is 12. The Morgan fingerprint density at radius 3 is 1.81 bits per heavy atom. The highest BCUT2D eigenvalue weighted by atomic mass is 35.5. The van der Waals surface area contributed by atoms with Crippen LogP contribution in [0.1, 0.15) is 61.3 Å². The van der Waals surface area contributed by atoms with Gasteiger partial charge >= 0.3 is 6.01 Å². The molecule has 5 rings (SSSR count). The lowest BCUT2D eigenvalue weighted by molar-refractivity contribution is 0.101. The SMILES string of the molecule is CC[C@@H](C)NS(=O)(=O)c1ccc(F)c(C(=O)Nc2ccnn2C)c1.CC[C@@H](C)NS(=O)(=O)c1ccc(F)c(C(=O)Nc2nc3ccc(Cl)cc3o2)c1. The Morgan fingerprint density at radius 1 is 0.808 bits per heavy atom. The number of aryl methyl sites for hydroxylation is 1. The Morgan fingerprint density at radius 2 is 1.33 bits per heavy atom. The third-order valence-electron chi connectivity index (χ3n) is 7.56. The van der Waals surface area contributed by atoms with E-state index >= 15 is 0 Å². The summed E-state index contributed by atoms with van der Waals surface area (Å²) in [5.41, 5.74) is -0.0119. The highest BCUT2D eigenvalue weighted by Crippen LogP contribution is 2.24. The molecule has 0 aliphatic rings. The van der Waals surface area contributed by atoms with Gasteiger partial charge in [0.15, 0.2) is 5.58 Å². The molecular weight excluding hydrogens is 744 g/mol. The molecule has 0 bridgehead atoms. The zero-order chi connectivity index (χ0) is 38.4. The van der Waals surface area contributed by atoms with Gasteiger partial charge in [-0.05, 0) is 75.2 Å². The molecule has 0 aliphatic heterocycles. The first-order chi connectivity index (χ1) is 24.4. The van der Waals surface area contributed by atoms with Gasteiger partial charge in [0.2, 0.25) is 20.0 Å². The van der Waals surface area contributed by atoms with Crippen LogP contribution in [0, 0.1) is 11.6 Å². The number of sulfonamides is 2. The van der Waals surface area contributed by atoms with Crippen LogP contribution in [-0.2, 0) is 27.1 Å². The fraction of sp³-hybridized carbons (Fsp3) is 0.273. The number of benzene rings is 3. The van der Waals surface area contributed by atoms with Crippen molar-refractivity contribution in [2.24, 2.45) is 7.05 Å². The summed E-state index contributed by atoms with van der Waals surface area (Å²) in [5, 5.41) is 9.12. The van der Waals surface area contributed by atoms with E-state index < -0.39 is 49.1 Å². The Labute approximate surface area is 304 Å². The van der Waals surface area contributed by atoms with Crippen molar-refractivity contribution in [3.05, 3.63) is 94.6 Å². The zero-order valence-corrected chi connectivity index (χ0v) is 31.0. The molecule has 0 radical (unpaired) electrons. The van der Waals surface area contributed by atoms with Crippen molar-refractivity contribution in [1.82, 2.24) is 24.2 Å². The molecule has 0 fully saturated rings. The molecule has 2 amide bonds. The maximum absolute atomic E-state index is 14.2. The van der Waals surface area contributed by atoms with Gasteiger partial charge in [0, 0.05) is 36.3 Å². The molecule has 0 aliphatic carbocycles. The molecule has 0 spiro atoms. The third-order valence-corrected chi connectivity index (χ3v) is 11.0. The maximum atomic E-state index is 14.2. The van der Waals surface area contributed by atoms with Crippen LogP contribution in [-0.4, -0.2) is 55.5 Å². The first-order valence-corrected chi connectivity index (χ1v) is 19.1. The van der Waals surface area contributed by atoms with Gasteiger partial charge in [0.05, 0.1) is 27.1 Å². The van der Waals surface area contributed by atoms with E-state index in [2.05, 4.69) is 30.2 Å². The molecule has 5 aromatic rings. The van der Waals surface area contributed by atoms with Crippen LogP contribution in [0.4, 0.5) is 20.6 Å². The number of anilines is 2. The average Bonchev–Trinajstić information content (AvgIpc) is 3.68. The predicted molar refractivity (Wildman–Crippen MR) is 191 cm³/mol. The number of carbonyl (C=O) groups excluding carboxylic acids is 2. The van der Waals surface area contributed by atoms with Gasteiger partial charge in [-0.1, -0.05) is 25.4 Å². The number of carbonyl (C=O) groups is 2. The molecule has 3 aromatic carbocycles. The van der Waals surface area contributed by atoms with Gasteiger partial charge in [0.1, 0.15) is 23.0 Å². The minimum absolute atomic E-state index is 0.160. The van der Waals surface area contributed by atoms with E-state index in [0.717, 1.165) is 36.4 Å². The monoisotopic (exact) mass is 779 g/mol. The first-order valence-electron chi connectivity index (χ1n) is 15.7. The van der Waals surface area contributed by atoms with Crippen molar-refractivity contribution in [1.29, 1.82) is 0 Å². The van der Waals surface area contributed by atoms with Crippen LogP contribution < -0.4 is 20.1 Å². The Kier molecular flexibility index (Phi) is 12.9. The molecule has 278 valence electrons. The lowest BCUT2D eigenvalue weighted by Gasteiger charge is -2.13. The van der Waals surface area contributed by atoms with Crippen molar-refractivity contribution in [3.63, 3.8) is 0 Å². The van der Waals surface area contributed by atoms with E-state index in [9.17, 15) is 35.2 Å². The third kappa shape index (κ3) is 9.97. The van der Waals surface area contributed by atoms with Crippen molar-refractivity contribution >= 4 is 66.4 Å². The number of hydrogen-bond donors (Lipinski definition) is 4. The van der Waals surface area contributed by atoms with Gasteiger partial charge in [-0.3, -0.25) is 19.6 Å². The highest BCUT2D eigenvalue weighted by Gasteiger charge is 2.23. The summed E-state index contributed by atoms with van der Waals surface area (Å²) in [6.07, 6.45) is 2.66. The molecule has 0 unspecified atom stereocenters. The maximum Gasteiger partial charge on any atom is 0.302 e. The topological polar surface area (TPSA) is 194 Å². The number of fused-ring (bicyclic) bond motifs is 1. The van der Waals surface area contributed by atoms with Gasteiger partial charge < -0.3 is 9.73 Å². The fourth-order valence-electron chi connectivity index (χ4n) is 4.32. The summed E-state index contributed by atoms with van der Waals surface area (Å²) >= 11 is 5.87. The Bertz CT molecular complexity index is 2320. The number of oxazole rings is 1. The Balaban J connectivity index is 0.000000236. The minimum Gasteiger partial charge on any atom is -0.423 e. The summed E-state index contributed by atoms with van der Waals surface area (Å²) in [5.74, 6) is -2.96. The number of halogens is 3. The molecule has 52 heavy (non-hydrogen) atoms. The summed E-state index contributed by atoms with van der Waals surface area (Å²) in [6, 6.07) is 11.6. The van der Waals surface area contributed by atoms with Crippen LogP contribution in [0.15, 0.2) is 81.1 Å². The van der Waals surface area contributed by atoms with E-state index in [4.69, 9.17) is 16.0 Å². The van der Waals surface area contributed by atoms with Crippen molar-refractivity contribution in [2.75, 3.05) is 10.6 Å². The summed E-state index contributed by atoms with van der Waals surface area (Å²) in [4.78, 5) is 28.4. The largest absolute Gasteiger partial charge is 0.423 e. The number of amides is 2. The minimum atomic E-state index is -3.89. The van der Waals surface area contributed by atoms with E-state index in [1.165, 1.54) is 16.9 Å². The van der Waals surface area contributed by atoms with E-state index in [1.54, 1.807) is 39.1 Å². The molecular formula is C33H36ClF2N7O7S2. The molecule has 19 heteroatoms. The first kappa shape index (κ1) is 40.0. The highest BCUT2D eigenvalue weighted by molar-refractivity contribution is 7.89. The standard InChI is InChI=1S/C18H17ClFN3O4S.C15H19FN4O3S/c1-3-10(2)23-28(25,26)12-5-6-14(20)13(9-12)17(24)22-18-21-15-7-4-11(19)8-16(15)27-18;1-4-10(2)19-24(22,23)11-5-6-13(16)12(9-11)15(21)18-14-7-8-17-20(14)3/h4-10,23H,3H2,1-2H3,(H,21,22,24);5-10,19H,4H2,1-3H3,(H,18,21)/t2*10-/m11/s1. The molecule has 2 heterocycles. The number of hydrogen-bond acceptors (Lipinski definition) is 9. The zero-order valence-electron chi connectivity index (χ0n) is 28.6. The normalized spacial score (nSPS) is 12.8. The summed E-state index contributed by atoms with van der Waals surface area (Å²) < 4.78 is 89.1. The van der Waals surface area contributed by atoms with Gasteiger partial charge in [-0.25, -0.2) is 35.1 Å². The quantitative estimate of drug-likeness (QED) is 0.120. The Hall–Kier alpha value is -4.75. The van der Waals surface area contributed by atoms with E-state index in [1.807, 2.05) is 13.8 Å². The molecule has 14 nitrogen and oxygen atoms in total. The molecule has 0 saturated carbocycles. The molecule has 2 aromatic heterocycles. The number of nitrogens with zero attached hydrogens (tertiary/aromatic N) is 3. The predicted octanol–water partition coefficient (Wildman–Crippen LogP) is 5.84. The van der Waals surface area contributed by atoms with Crippen LogP contribution >= 0.6 is 11.6 Å². The van der Waals surface area contributed by atoms with Gasteiger partial charge in [0.25, 0.3) is 11.8 Å². The number of aromatic nitrogens is 3. The lowest BCUT2D eigenvalue weighted by atomic mass is 10.2. The second-order valence-corrected chi connectivity index (χ2v) is 15.4. The van der Waals surface area contributed by atoms with Crippen LogP contribution in [0.2, 0.25) is 5.02 Å². The van der Waals surface area contributed by atoms with Crippen molar-refractivity contribution < 1.29 is 39.6 Å². The van der Waals surface area contributed by atoms with Crippen molar-refractivity contribution in [2.45, 2.75) is 62.4 Å². The van der Waals surface area contributed by atoms with E-state index in [0.29, 0.717) is 34.8 Å². The van der Waals surface area contributed by atoms with Gasteiger partial charge in [-0.15, -0.1) is 0 Å². The smallest absolute Gasteiger partial charge is 0.302 e. The molecule has 2 atom stereocenters. The van der Waals surface area contributed by atoms with Gasteiger partial charge in [-0.2, -0.15) is 10.1 Å². The molecule has 0 saturated heterocycles. The second-order valence-electron chi connectivity index (χ2n) is 11.5. The van der Waals surface area contributed by atoms with Crippen LogP contribution in [0.3, 0.4) is 0 Å². The summed E-state index contributed by atoms with van der Waals surface area (Å²) in [6.45, 7) is 7.08. The second kappa shape index (κ2) is 16.7. The molecule has 4 N–H and O–H groups in total. The van der Waals surface area contributed by atoms with Crippen molar-refractivity contribution in [3.8, 4) is 0 Å². The lowest BCUT2D eigenvalue weighted by Crippen LogP contribution is -2.32. The fourth-order valence-corrected chi connectivity index (χ4v) is 7.19. The summed E-state index contributed by atoms with van der Waals surface area (Å²) in [7, 11) is -6.11. The number of nitrogens with one attached hydrogen (secondary N) is 4. The average molecular weight is 780 g/mol.